The molecule has 1 aliphatic rings. The topological polar surface area (TPSA) is 113 Å². The molecule has 9 nitrogen and oxygen atoms in total. The van der Waals surface area contributed by atoms with Crippen molar-refractivity contribution in [2.24, 2.45) is 4.99 Å². The first kappa shape index (κ1) is 27.7. The molecule has 2 N–H and O–H groups in total. The number of amides is 3. The largest absolute Gasteiger partial charge is 0.467 e. The van der Waals surface area contributed by atoms with Gasteiger partial charge in [-0.3, -0.25) is 14.5 Å². The van der Waals surface area contributed by atoms with Crippen molar-refractivity contribution in [2.45, 2.75) is 24.8 Å². The normalized spacial score (nSPS) is 16.4. The van der Waals surface area contributed by atoms with Crippen LogP contribution in [-0.4, -0.2) is 34.0 Å². The van der Waals surface area contributed by atoms with Gasteiger partial charge < -0.3 is 19.8 Å². The molecule has 208 valence electrons. The molecular weight excluding hydrogens is 547 g/mol. The molecule has 41 heavy (non-hydrogen) atoms. The van der Waals surface area contributed by atoms with E-state index in [-0.39, 0.29) is 12.5 Å². The number of carbonyl (C=O) groups is 3. The molecule has 11 heteroatoms. The van der Waals surface area contributed by atoms with Crippen LogP contribution in [-0.2, 0) is 16.1 Å². The highest BCUT2D eigenvalue weighted by molar-refractivity contribution is 8.15. The lowest BCUT2D eigenvalue weighted by Gasteiger charge is -2.15. The first-order valence-corrected chi connectivity index (χ1v) is 13.5. The monoisotopic (exact) mass is 572 g/mol. The molecular formula is C30H25FN4O5S. The maximum Gasteiger partial charge on any atom is 0.413 e. The third-order valence-corrected chi connectivity index (χ3v) is 7.27. The van der Waals surface area contributed by atoms with Crippen LogP contribution >= 0.6 is 11.8 Å². The molecule has 0 spiro atoms. The fraction of sp³-hybridized carbons (Fsp3) is 0.133. The van der Waals surface area contributed by atoms with Gasteiger partial charge >= 0.3 is 6.09 Å². The summed E-state index contributed by atoms with van der Waals surface area (Å²) in [6.07, 6.45) is 0.778. The zero-order chi connectivity index (χ0) is 28.8. The van der Waals surface area contributed by atoms with E-state index in [0.717, 1.165) is 0 Å². The van der Waals surface area contributed by atoms with Crippen molar-refractivity contribution < 1.29 is 27.9 Å². The molecule has 0 aliphatic carbocycles. The predicted octanol–water partition coefficient (Wildman–Crippen LogP) is 6.04. The first-order chi connectivity index (χ1) is 19.9. The fourth-order valence-corrected chi connectivity index (χ4v) is 5.14. The van der Waals surface area contributed by atoms with Crippen LogP contribution in [0.3, 0.4) is 0 Å². The van der Waals surface area contributed by atoms with Crippen LogP contribution in [0.15, 0.2) is 107 Å². The van der Waals surface area contributed by atoms with Gasteiger partial charge in [-0.05, 0) is 67.1 Å². The van der Waals surface area contributed by atoms with E-state index in [4.69, 9.17) is 9.15 Å². The molecule has 3 aromatic carbocycles. The Morgan fingerprint density at radius 1 is 1.05 bits per heavy atom. The lowest BCUT2D eigenvalue weighted by atomic mass is 10.1. The number of ether oxygens (including phenoxy) is 1. The van der Waals surface area contributed by atoms with Gasteiger partial charge in [0.15, 0.2) is 5.17 Å². The smallest absolute Gasteiger partial charge is 0.413 e. The summed E-state index contributed by atoms with van der Waals surface area (Å²) in [5, 5.41) is 5.05. The van der Waals surface area contributed by atoms with Gasteiger partial charge in [-0.1, -0.05) is 48.2 Å². The number of carbonyl (C=O) groups excluding carboxylic acids is 3. The number of anilines is 1. The average molecular weight is 573 g/mol. The minimum Gasteiger partial charge on any atom is -0.467 e. The van der Waals surface area contributed by atoms with Crippen molar-refractivity contribution in [1.82, 2.24) is 10.2 Å². The molecule has 1 unspecified atom stereocenters. The van der Waals surface area contributed by atoms with Crippen LogP contribution in [0.5, 0.6) is 5.75 Å². The summed E-state index contributed by atoms with van der Waals surface area (Å²) in [6.45, 7) is 1.71. The molecule has 1 fully saturated rings. The Hall–Kier alpha value is -4.90. The van der Waals surface area contributed by atoms with Gasteiger partial charge in [0.1, 0.15) is 28.6 Å². The highest BCUT2D eigenvalue weighted by Crippen LogP contribution is 2.41. The lowest BCUT2D eigenvalue weighted by Crippen LogP contribution is -2.42. The van der Waals surface area contributed by atoms with Crippen LogP contribution in [0.2, 0.25) is 0 Å². The van der Waals surface area contributed by atoms with E-state index in [0.29, 0.717) is 33.6 Å². The summed E-state index contributed by atoms with van der Waals surface area (Å²) in [7, 11) is 0. The Bertz CT molecular complexity index is 1560. The molecule has 2 atom stereocenters. The second kappa shape index (κ2) is 12.5. The molecule has 0 bridgehead atoms. The van der Waals surface area contributed by atoms with Gasteiger partial charge in [-0.2, -0.15) is 0 Å². The molecule has 4 aromatic rings. The Balaban J connectivity index is 1.25. The quantitative estimate of drug-likeness (QED) is 0.266. The minimum absolute atomic E-state index is 0.176. The maximum atomic E-state index is 13.8. The van der Waals surface area contributed by atoms with E-state index in [1.807, 2.05) is 0 Å². The standard InChI is InChI=1S/C30H25FN4O5S/c1-19(32-30(38)40-24-9-3-2-4-10-24)27(36)33-22-14-12-20(13-15-22)26-28(37)35(18-25-11-6-16-39-25)29(41-26)34-23-8-5-7-21(31)17-23/h2-17,19,26H,18H2,1H3,(H,32,38)(H,33,36)/b34-29-/t19-,26?/m0/s1. The second-order valence-corrected chi connectivity index (χ2v) is 10.1. The number of halogens is 1. The van der Waals surface area contributed by atoms with Crippen LogP contribution in [0.4, 0.5) is 20.6 Å². The summed E-state index contributed by atoms with van der Waals surface area (Å²) < 4.78 is 24.4. The fourth-order valence-electron chi connectivity index (χ4n) is 3.97. The summed E-state index contributed by atoms with van der Waals surface area (Å²) in [5.41, 5.74) is 1.57. The van der Waals surface area contributed by atoms with Crippen LogP contribution in [0.1, 0.15) is 23.5 Å². The second-order valence-electron chi connectivity index (χ2n) is 9.06. The number of amidine groups is 1. The van der Waals surface area contributed by atoms with Crippen LogP contribution in [0.25, 0.3) is 0 Å². The number of thioether (sulfide) groups is 1. The number of benzene rings is 3. The number of hydrogen-bond acceptors (Lipinski definition) is 7. The van der Waals surface area contributed by atoms with Crippen molar-refractivity contribution in [1.29, 1.82) is 0 Å². The highest BCUT2D eigenvalue weighted by atomic mass is 32.2. The van der Waals surface area contributed by atoms with Gasteiger partial charge in [0.2, 0.25) is 11.8 Å². The predicted molar refractivity (Wildman–Crippen MR) is 153 cm³/mol. The molecule has 2 heterocycles. The lowest BCUT2D eigenvalue weighted by molar-refractivity contribution is -0.126. The molecule has 5 rings (SSSR count). The molecule has 3 amide bonds. The summed E-state index contributed by atoms with van der Waals surface area (Å²) in [4.78, 5) is 44.2. The third-order valence-electron chi connectivity index (χ3n) is 6.03. The van der Waals surface area contributed by atoms with Crippen molar-refractivity contribution in [3.8, 4) is 5.75 Å². The van der Waals surface area contributed by atoms with Crippen molar-refractivity contribution in [2.75, 3.05) is 5.32 Å². The summed E-state index contributed by atoms with van der Waals surface area (Å²) >= 11 is 1.25. The van der Waals surface area contributed by atoms with Crippen LogP contribution < -0.4 is 15.4 Å². The Morgan fingerprint density at radius 2 is 1.83 bits per heavy atom. The number of furan rings is 1. The average Bonchev–Trinajstić information content (AvgIpc) is 3.58. The van der Waals surface area contributed by atoms with Gasteiger partial charge in [0, 0.05) is 5.69 Å². The number of nitrogens with one attached hydrogen (secondary N) is 2. The summed E-state index contributed by atoms with van der Waals surface area (Å²) in [5.74, 6) is -0.124. The Morgan fingerprint density at radius 3 is 2.54 bits per heavy atom. The SMILES string of the molecule is C[C@H](NC(=O)Oc1ccccc1)C(=O)Nc1ccc(C2S/C(=N\c3cccc(F)c3)N(Cc3ccco3)C2=O)cc1. The zero-order valence-corrected chi connectivity index (χ0v) is 22.6. The van der Waals surface area contributed by atoms with Gasteiger partial charge in [-0.25, -0.2) is 14.2 Å². The van der Waals surface area contributed by atoms with Gasteiger partial charge in [-0.15, -0.1) is 0 Å². The number of para-hydroxylation sites is 1. The Kier molecular flexibility index (Phi) is 8.44. The highest BCUT2D eigenvalue weighted by Gasteiger charge is 2.39. The number of hydrogen-bond donors (Lipinski definition) is 2. The minimum atomic E-state index is -0.866. The molecule has 0 saturated carbocycles. The van der Waals surface area contributed by atoms with Crippen molar-refractivity contribution in [3.05, 3.63) is 114 Å². The third kappa shape index (κ3) is 7.00. The number of rotatable bonds is 8. The van der Waals surface area contributed by atoms with E-state index < -0.39 is 29.1 Å². The van der Waals surface area contributed by atoms with E-state index in [2.05, 4.69) is 15.6 Å². The van der Waals surface area contributed by atoms with Gasteiger partial charge in [0.05, 0.1) is 18.5 Å². The first-order valence-electron chi connectivity index (χ1n) is 12.6. The van der Waals surface area contributed by atoms with Crippen molar-refractivity contribution >= 4 is 46.2 Å². The molecule has 1 aromatic heterocycles. The van der Waals surface area contributed by atoms with E-state index in [1.165, 1.54) is 42.0 Å². The Labute approximate surface area is 239 Å². The molecule has 1 aliphatic heterocycles. The zero-order valence-electron chi connectivity index (χ0n) is 21.8. The van der Waals surface area contributed by atoms with Gasteiger partial charge in [0.25, 0.3) is 0 Å². The molecule has 1 saturated heterocycles. The summed E-state index contributed by atoms with van der Waals surface area (Å²) in [6, 6.07) is 23.8. The molecule has 0 radical (unpaired) electrons. The van der Waals surface area contributed by atoms with E-state index in [1.54, 1.807) is 78.9 Å². The van der Waals surface area contributed by atoms with Crippen molar-refractivity contribution in [3.63, 3.8) is 0 Å². The number of aliphatic imine (C=N–C) groups is 1. The van der Waals surface area contributed by atoms with E-state index in [9.17, 15) is 18.8 Å². The number of nitrogens with zero attached hydrogens (tertiary/aromatic N) is 2. The maximum absolute atomic E-state index is 13.8. The van der Waals surface area contributed by atoms with E-state index >= 15 is 0 Å². The van der Waals surface area contributed by atoms with Crippen LogP contribution in [0, 0.1) is 5.82 Å².